The van der Waals surface area contributed by atoms with Crippen LogP contribution in [0.1, 0.15) is 54.3 Å². The van der Waals surface area contributed by atoms with Gasteiger partial charge in [-0.15, -0.1) is 0 Å². The van der Waals surface area contributed by atoms with Gasteiger partial charge in [-0.1, -0.05) is 153 Å². The Hall–Kier alpha value is -6.88. The van der Waals surface area contributed by atoms with Gasteiger partial charge in [0.1, 0.15) is 11.2 Å². The number of nitrogens with zero attached hydrogens (tertiary/aromatic N) is 1. The van der Waals surface area contributed by atoms with E-state index in [0.29, 0.717) is 12.2 Å². The summed E-state index contributed by atoms with van der Waals surface area (Å²) in [5, 5.41) is 7.37. The minimum absolute atomic E-state index is 0.225. The fraction of sp³-hybridized carbons (Fsp3) is 0.111. The summed E-state index contributed by atoms with van der Waals surface area (Å²) < 4.78 is 9.27. The van der Waals surface area contributed by atoms with E-state index in [-0.39, 0.29) is 6.04 Å². The maximum atomic E-state index is 6.86. The van der Waals surface area contributed by atoms with Gasteiger partial charge in [0, 0.05) is 45.3 Å². The second kappa shape index (κ2) is 16.3. The van der Waals surface area contributed by atoms with Gasteiger partial charge >= 0.3 is 0 Å². The maximum Gasteiger partial charge on any atom is 0.140 e. The predicted molar refractivity (Wildman–Crippen MR) is 245 cm³/mol. The third kappa shape index (κ3) is 6.93. The van der Waals surface area contributed by atoms with Crippen LogP contribution in [0.2, 0.25) is 0 Å². The van der Waals surface area contributed by atoms with Gasteiger partial charge in [0.2, 0.25) is 0 Å². The standard InChI is InChI=1S/C52H41N3O.C2H6/c53-46(37-18-6-2-7-19-37)33-47(54-34-35-15-12-20-38(31-35)36-16-4-1-5-17-36)43-25-13-26-44-51-41(24-14-28-50(51)56-52(43)44)39-29-30-49-45(32-39)42-23-10-11-27-48(42)55(49)40-21-8-3-9-22-40;1-2/h1-9,11-22,24-33,47,54H,10,23,34,53H2;1-2H3/b46-33-;. The first-order valence-electron chi connectivity index (χ1n) is 20.4. The molecule has 0 aliphatic heterocycles. The first kappa shape index (κ1) is 36.7. The van der Waals surface area contributed by atoms with Crippen LogP contribution in [0.3, 0.4) is 0 Å². The number of benzene rings is 7. The molecular weight excluding hydrogens is 707 g/mol. The third-order valence-electron chi connectivity index (χ3n) is 11.2. The number of hydrogen-bond donors (Lipinski definition) is 2. The Morgan fingerprint density at radius 1 is 0.707 bits per heavy atom. The molecule has 0 saturated carbocycles. The van der Waals surface area contributed by atoms with Crippen molar-refractivity contribution in [3.63, 3.8) is 0 Å². The van der Waals surface area contributed by atoms with Crippen LogP contribution in [-0.4, -0.2) is 4.57 Å². The Bertz CT molecular complexity index is 2920. The van der Waals surface area contributed by atoms with E-state index in [1.165, 1.54) is 50.1 Å². The number of aryl methyl sites for hydroxylation is 1. The molecule has 58 heavy (non-hydrogen) atoms. The van der Waals surface area contributed by atoms with Crippen LogP contribution in [0.5, 0.6) is 0 Å². The zero-order valence-corrected chi connectivity index (χ0v) is 33.0. The van der Waals surface area contributed by atoms with E-state index in [1.807, 2.05) is 32.0 Å². The van der Waals surface area contributed by atoms with Gasteiger partial charge < -0.3 is 20.0 Å². The van der Waals surface area contributed by atoms with Crippen molar-refractivity contribution in [2.24, 2.45) is 5.73 Å². The van der Waals surface area contributed by atoms with E-state index in [2.05, 4.69) is 180 Å². The number of para-hydroxylation sites is 2. The molecule has 0 fully saturated rings. The molecule has 7 aromatic carbocycles. The molecule has 1 unspecified atom stereocenters. The lowest BCUT2D eigenvalue weighted by molar-refractivity contribution is 0.603. The number of allylic oxidation sites excluding steroid dienone is 1. The zero-order chi connectivity index (χ0) is 39.4. The summed E-state index contributed by atoms with van der Waals surface area (Å²) in [6.07, 6.45) is 8.79. The molecule has 0 radical (unpaired) electrons. The molecule has 1 aliphatic carbocycles. The summed E-state index contributed by atoms with van der Waals surface area (Å²) >= 11 is 0. The van der Waals surface area contributed by atoms with Gasteiger partial charge in [-0.2, -0.15) is 0 Å². The quantitative estimate of drug-likeness (QED) is 0.154. The van der Waals surface area contributed by atoms with Gasteiger partial charge in [0.15, 0.2) is 0 Å². The number of fused-ring (bicyclic) bond motifs is 6. The highest BCUT2D eigenvalue weighted by molar-refractivity contribution is 6.13. The van der Waals surface area contributed by atoms with Crippen molar-refractivity contribution in [3.05, 3.63) is 210 Å². The molecule has 2 aromatic heterocycles. The lowest BCUT2D eigenvalue weighted by atomic mass is 9.94. The van der Waals surface area contributed by atoms with Crippen molar-refractivity contribution in [1.82, 2.24) is 9.88 Å². The van der Waals surface area contributed by atoms with E-state index < -0.39 is 0 Å². The topological polar surface area (TPSA) is 56.1 Å². The molecule has 284 valence electrons. The molecule has 4 nitrogen and oxygen atoms in total. The van der Waals surface area contributed by atoms with Crippen LogP contribution in [-0.2, 0) is 13.0 Å². The number of nitrogens with one attached hydrogen (secondary N) is 1. The highest BCUT2D eigenvalue weighted by Crippen LogP contribution is 2.42. The molecule has 0 spiro atoms. The number of furan rings is 1. The normalized spacial score (nSPS) is 13.0. The molecule has 1 atom stereocenters. The van der Waals surface area contributed by atoms with Crippen molar-refractivity contribution in [3.8, 4) is 27.9 Å². The molecule has 1 aliphatic rings. The lowest BCUT2D eigenvalue weighted by Crippen LogP contribution is -2.20. The Balaban J connectivity index is 0.00000215. The largest absolute Gasteiger partial charge is 0.456 e. The Kier molecular flexibility index (Phi) is 10.3. The highest BCUT2D eigenvalue weighted by atomic mass is 16.3. The molecular formula is C54H47N3O. The van der Waals surface area contributed by atoms with Crippen molar-refractivity contribution in [2.75, 3.05) is 0 Å². The second-order valence-corrected chi connectivity index (χ2v) is 14.6. The van der Waals surface area contributed by atoms with E-state index in [9.17, 15) is 0 Å². The fourth-order valence-electron chi connectivity index (χ4n) is 8.50. The van der Waals surface area contributed by atoms with Gasteiger partial charge in [-0.05, 0) is 100 Å². The Morgan fingerprint density at radius 2 is 1.43 bits per heavy atom. The SMILES string of the molecule is CC.N/C(=C\C(NCc1cccc(-c2ccccc2)c1)c1cccc2c1oc1cccc(-c3ccc4c(c3)c3c(n4-c4ccccc4)C=CCC3)c12)c1ccccc1. The van der Waals surface area contributed by atoms with Gasteiger partial charge in [0.25, 0.3) is 0 Å². The van der Waals surface area contributed by atoms with Crippen LogP contribution in [0.15, 0.2) is 186 Å². The molecule has 0 saturated heterocycles. The van der Waals surface area contributed by atoms with Gasteiger partial charge in [0.05, 0.1) is 11.6 Å². The first-order chi connectivity index (χ1) is 28.7. The first-order valence-corrected chi connectivity index (χ1v) is 20.4. The van der Waals surface area contributed by atoms with Gasteiger partial charge in [-0.25, -0.2) is 0 Å². The fourth-order valence-corrected chi connectivity index (χ4v) is 8.50. The molecule has 4 heteroatoms. The second-order valence-electron chi connectivity index (χ2n) is 14.6. The van der Waals surface area contributed by atoms with E-state index in [1.54, 1.807) is 0 Å². The van der Waals surface area contributed by atoms with Crippen LogP contribution in [0.4, 0.5) is 0 Å². The summed E-state index contributed by atoms with van der Waals surface area (Å²) in [7, 11) is 0. The molecule has 2 heterocycles. The van der Waals surface area contributed by atoms with Crippen molar-refractivity contribution >= 4 is 44.6 Å². The molecule has 0 amide bonds. The molecule has 3 N–H and O–H groups in total. The zero-order valence-electron chi connectivity index (χ0n) is 33.0. The highest BCUT2D eigenvalue weighted by Gasteiger charge is 2.22. The molecule has 0 bridgehead atoms. The van der Waals surface area contributed by atoms with E-state index in [4.69, 9.17) is 10.2 Å². The summed E-state index contributed by atoms with van der Waals surface area (Å²) in [6, 6.07) is 59.8. The maximum absolute atomic E-state index is 6.86. The summed E-state index contributed by atoms with van der Waals surface area (Å²) in [4.78, 5) is 0. The third-order valence-corrected chi connectivity index (χ3v) is 11.2. The minimum Gasteiger partial charge on any atom is -0.456 e. The Labute approximate surface area is 340 Å². The van der Waals surface area contributed by atoms with Crippen molar-refractivity contribution in [2.45, 2.75) is 39.3 Å². The number of nitrogens with two attached hydrogens (primary N) is 1. The van der Waals surface area contributed by atoms with Crippen LogP contribution < -0.4 is 11.1 Å². The monoisotopic (exact) mass is 753 g/mol. The predicted octanol–water partition coefficient (Wildman–Crippen LogP) is 13.7. The number of aromatic nitrogens is 1. The number of rotatable bonds is 9. The molecule has 9 aromatic rings. The summed E-state index contributed by atoms with van der Waals surface area (Å²) in [5.41, 5.74) is 22.3. The smallest absolute Gasteiger partial charge is 0.140 e. The summed E-state index contributed by atoms with van der Waals surface area (Å²) in [5.74, 6) is 0. The van der Waals surface area contributed by atoms with E-state index >= 15 is 0 Å². The van der Waals surface area contributed by atoms with Crippen molar-refractivity contribution in [1.29, 1.82) is 0 Å². The average molecular weight is 754 g/mol. The van der Waals surface area contributed by atoms with E-state index in [0.717, 1.165) is 51.5 Å². The van der Waals surface area contributed by atoms with Crippen LogP contribution >= 0.6 is 0 Å². The van der Waals surface area contributed by atoms with Crippen molar-refractivity contribution < 1.29 is 4.42 Å². The number of hydrogen-bond acceptors (Lipinski definition) is 3. The van der Waals surface area contributed by atoms with Crippen LogP contribution in [0, 0.1) is 0 Å². The molecule has 10 rings (SSSR count). The van der Waals surface area contributed by atoms with Gasteiger partial charge in [-0.3, -0.25) is 0 Å². The van der Waals surface area contributed by atoms with Crippen LogP contribution in [0.25, 0.3) is 72.6 Å². The lowest BCUT2D eigenvalue weighted by Gasteiger charge is -2.18. The average Bonchev–Trinajstić information content (AvgIpc) is 3.85. The Morgan fingerprint density at radius 3 is 2.24 bits per heavy atom. The minimum atomic E-state index is -0.225. The summed E-state index contributed by atoms with van der Waals surface area (Å²) in [6.45, 7) is 4.65.